The number of hydrogen-bond donors (Lipinski definition) is 1. The number of aromatic nitrogens is 2. The van der Waals surface area contributed by atoms with Gasteiger partial charge in [0.25, 0.3) is 0 Å². The van der Waals surface area contributed by atoms with Crippen LogP contribution in [0.25, 0.3) is 0 Å². The van der Waals surface area contributed by atoms with Crippen LogP contribution in [0.1, 0.15) is 34.1 Å². The van der Waals surface area contributed by atoms with E-state index in [1.54, 1.807) is 20.8 Å². The number of hydrogen-bond acceptors (Lipinski definition) is 9. The Labute approximate surface area is 154 Å². The van der Waals surface area contributed by atoms with Gasteiger partial charge in [-0.15, -0.1) is 0 Å². The maximum Gasteiger partial charge on any atom is 0.426 e. The lowest BCUT2D eigenvalue weighted by atomic mass is 10.2. The van der Waals surface area contributed by atoms with Crippen LogP contribution in [-0.4, -0.2) is 45.7 Å². The summed E-state index contributed by atoms with van der Waals surface area (Å²) in [4.78, 5) is 41.6. The van der Waals surface area contributed by atoms with E-state index < -0.39 is 34.3 Å². The molecule has 0 saturated carbocycles. The molecule has 0 aliphatic carbocycles. The van der Waals surface area contributed by atoms with Gasteiger partial charge in [0.1, 0.15) is 11.8 Å². The van der Waals surface area contributed by atoms with E-state index in [4.69, 9.17) is 16.3 Å². The molecule has 1 atom stereocenters. The number of carbonyl (C=O) groups is 2. The summed E-state index contributed by atoms with van der Waals surface area (Å²) in [5.41, 5.74) is 1.03. The number of rotatable bonds is 6. The van der Waals surface area contributed by atoms with Crippen molar-refractivity contribution in [2.75, 3.05) is 12.1 Å². The highest BCUT2D eigenvalue weighted by molar-refractivity contribution is 6.28. The molecule has 1 heterocycles. The number of methoxy groups -OCH3 is 1. The fourth-order valence-electron chi connectivity index (χ4n) is 1.84. The Balaban J connectivity index is 3.27. The highest BCUT2D eigenvalue weighted by Crippen LogP contribution is 2.27. The summed E-state index contributed by atoms with van der Waals surface area (Å²) in [5, 5.41) is 12.0. The lowest BCUT2D eigenvalue weighted by Gasteiger charge is -2.30. The van der Waals surface area contributed by atoms with Crippen LogP contribution >= 0.6 is 11.6 Å². The van der Waals surface area contributed by atoms with Gasteiger partial charge in [-0.05, 0) is 39.3 Å². The summed E-state index contributed by atoms with van der Waals surface area (Å²) in [6.45, 7) is 6.49. The molecule has 0 aromatic carbocycles. The van der Waals surface area contributed by atoms with Crippen LogP contribution in [0.15, 0.2) is 6.20 Å². The molecule has 0 spiro atoms. The van der Waals surface area contributed by atoms with Gasteiger partial charge in [-0.2, -0.15) is 4.98 Å². The van der Waals surface area contributed by atoms with E-state index >= 15 is 0 Å². The van der Waals surface area contributed by atoms with Crippen LogP contribution in [0.5, 0.6) is 0 Å². The van der Waals surface area contributed by atoms with E-state index in [-0.39, 0.29) is 17.5 Å². The molecule has 0 saturated heterocycles. The normalized spacial score (nSPS) is 12.1. The predicted molar refractivity (Wildman–Crippen MR) is 91.6 cm³/mol. The van der Waals surface area contributed by atoms with Crippen molar-refractivity contribution in [1.82, 2.24) is 15.4 Å². The molecule has 1 rings (SSSR count). The van der Waals surface area contributed by atoms with Crippen LogP contribution < -0.4 is 10.4 Å². The van der Waals surface area contributed by atoms with E-state index in [9.17, 15) is 19.7 Å². The van der Waals surface area contributed by atoms with Gasteiger partial charge in [-0.3, -0.25) is 19.9 Å². The minimum Gasteiger partial charge on any atom is -0.469 e. The summed E-state index contributed by atoms with van der Waals surface area (Å²) in [6, 6.07) is -0.764. The second-order valence-corrected chi connectivity index (χ2v) is 6.56. The Kier molecular flexibility index (Phi) is 7.07. The highest BCUT2D eigenvalue weighted by atomic mass is 35.5. The summed E-state index contributed by atoms with van der Waals surface area (Å²) < 4.78 is 9.74. The smallest absolute Gasteiger partial charge is 0.426 e. The van der Waals surface area contributed by atoms with Crippen molar-refractivity contribution >= 4 is 35.2 Å². The number of esters is 1. The molecule has 11 nitrogen and oxygen atoms in total. The lowest BCUT2D eigenvalue weighted by molar-refractivity contribution is -0.384. The summed E-state index contributed by atoms with van der Waals surface area (Å²) >= 11 is 5.74. The Morgan fingerprint density at radius 1 is 1.46 bits per heavy atom. The molecule has 1 unspecified atom stereocenters. The fraction of sp³-hybridized carbons (Fsp3) is 0.571. The van der Waals surface area contributed by atoms with Crippen molar-refractivity contribution < 1.29 is 24.0 Å². The molecule has 12 heteroatoms. The molecule has 144 valence electrons. The maximum atomic E-state index is 12.1. The number of nitrogens with one attached hydrogen (secondary N) is 1. The summed E-state index contributed by atoms with van der Waals surface area (Å²) in [6.07, 6.45) is -0.178. The van der Waals surface area contributed by atoms with Crippen molar-refractivity contribution in [1.29, 1.82) is 0 Å². The Morgan fingerprint density at radius 2 is 2.08 bits per heavy atom. The highest BCUT2D eigenvalue weighted by Gasteiger charge is 2.30. The van der Waals surface area contributed by atoms with E-state index in [1.807, 2.05) is 0 Å². The minimum atomic E-state index is -0.891. The zero-order valence-corrected chi connectivity index (χ0v) is 15.7. The number of halogens is 1. The number of carbonyl (C=O) groups excluding carboxylic acids is 2. The van der Waals surface area contributed by atoms with Crippen molar-refractivity contribution in [3.05, 3.63) is 21.6 Å². The molecule has 0 radical (unpaired) electrons. The maximum absolute atomic E-state index is 12.1. The van der Waals surface area contributed by atoms with Gasteiger partial charge in [0.15, 0.2) is 0 Å². The third-order valence-electron chi connectivity index (χ3n) is 2.89. The summed E-state index contributed by atoms with van der Waals surface area (Å²) in [5.74, 6) is -0.881. The van der Waals surface area contributed by atoms with Gasteiger partial charge in [0.2, 0.25) is 11.1 Å². The number of ether oxygens (including phenoxy) is 2. The molecule has 0 aliphatic heterocycles. The first-order valence-corrected chi connectivity index (χ1v) is 7.85. The molecule has 0 aliphatic rings. The van der Waals surface area contributed by atoms with Gasteiger partial charge in [-0.1, -0.05) is 0 Å². The second-order valence-electron chi connectivity index (χ2n) is 6.22. The average molecular weight is 390 g/mol. The molecule has 1 amide bonds. The van der Waals surface area contributed by atoms with Crippen molar-refractivity contribution in [2.24, 2.45) is 0 Å². The molecule has 1 aromatic heterocycles. The molecule has 0 bridgehead atoms. The van der Waals surface area contributed by atoms with Crippen molar-refractivity contribution in [3.63, 3.8) is 0 Å². The first-order valence-electron chi connectivity index (χ1n) is 7.47. The standard InChI is InChI=1S/C14H20ClN5O6/c1-8(6-10(21)25-5)19(18-13(22)26-14(2,3)4)11-9(20(23)24)7-16-12(15)17-11/h7-8H,6H2,1-5H3,(H,18,22). The van der Waals surface area contributed by atoms with Crippen LogP contribution in [0, 0.1) is 10.1 Å². The van der Waals surface area contributed by atoms with E-state index in [2.05, 4.69) is 20.1 Å². The van der Waals surface area contributed by atoms with Crippen LogP contribution in [-0.2, 0) is 14.3 Å². The summed E-state index contributed by atoms with van der Waals surface area (Å²) in [7, 11) is 1.20. The van der Waals surface area contributed by atoms with Gasteiger partial charge < -0.3 is 9.47 Å². The number of hydrazine groups is 1. The van der Waals surface area contributed by atoms with E-state index in [0.29, 0.717) is 0 Å². The zero-order chi connectivity index (χ0) is 20.1. The van der Waals surface area contributed by atoms with Crippen LogP contribution in [0.3, 0.4) is 0 Å². The molecular formula is C14H20ClN5O6. The van der Waals surface area contributed by atoms with Crippen LogP contribution in [0.2, 0.25) is 5.28 Å². The number of amides is 1. The second kappa shape index (κ2) is 8.61. The predicted octanol–water partition coefficient (Wildman–Crippen LogP) is 2.24. The molecular weight excluding hydrogens is 370 g/mol. The van der Waals surface area contributed by atoms with Gasteiger partial charge in [0, 0.05) is 0 Å². The third-order valence-corrected chi connectivity index (χ3v) is 3.07. The Morgan fingerprint density at radius 3 is 2.58 bits per heavy atom. The Hall–Kier alpha value is -2.69. The lowest BCUT2D eigenvalue weighted by Crippen LogP contribution is -2.50. The molecule has 1 aromatic rings. The SMILES string of the molecule is COC(=O)CC(C)N(NC(=O)OC(C)(C)C)c1nc(Cl)ncc1[N+](=O)[O-]. The third kappa shape index (κ3) is 6.31. The first-order chi connectivity index (χ1) is 11.9. The monoisotopic (exact) mass is 389 g/mol. The fourth-order valence-corrected chi connectivity index (χ4v) is 1.97. The number of nitro groups is 1. The molecule has 1 N–H and O–H groups in total. The topological polar surface area (TPSA) is 137 Å². The van der Waals surface area contributed by atoms with Crippen molar-refractivity contribution in [3.8, 4) is 0 Å². The molecule has 0 fully saturated rings. The van der Waals surface area contributed by atoms with E-state index in [1.165, 1.54) is 14.0 Å². The number of nitrogens with zero attached hydrogens (tertiary/aromatic N) is 4. The molecule has 26 heavy (non-hydrogen) atoms. The average Bonchev–Trinajstić information content (AvgIpc) is 2.50. The van der Waals surface area contributed by atoms with E-state index in [0.717, 1.165) is 11.2 Å². The first kappa shape index (κ1) is 21.4. The van der Waals surface area contributed by atoms with Crippen LogP contribution in [0.4, 0.5) is 16.3 Å². The minimum absolute atomic E-state index is 0.189. The zero-order valence-electron chi connectivity index (χ0n) is 15.0. The van der Waals surface area contributed by atoms with Gasteiger partial charge in [-0.25, -0.2) is 15.2 Å². The number of anilines is 1. The van der Waals surface area contributed by atoms with Gasteiger partial charge in [0.05, 0.1) is 24.5 Å². The van der Waals surface area contributed by atoms with Gasteiger partial charge >= 0.3 is 17.7 Å². The Bertz CT molecular complexity index is 693. The quantitative estimate of drug-likeness (QED) is 0.336. The largest absolute Gasteiger partial charge is 0.469 e. The van der Waals surface area contributed by atoms with Crippen molar-refractivity contribution in [2.45, 2.75) is 45.8 Å².